The molecule has 194 valence electrons. The van der Waals surface area contributed by atoms with Crippen molar-refractivity contribution in [3.8, 4) is 11.5 Å². The minimum atomic E-state index is -0.818. The number of carbonyl (C=O) groups excluding carboxylic acids is 1. The largest absolute Gasteiger partial charge is 0.490 e. The van der Waals surface area contributed by atoms with E-state index in [4.69, 9.17) is 13.9 Å². The summed E-state index contributed by atoms with van der Waals surface area (Å²) in [7, 11) is 0. The van der Waals surface area contributed by atoms with Crippen LogP contribution in [0.15, 0.2) is 106 Å². The van der Waals surface area contributed by atoms with E-state index in [9.17, 15) is 14.0 Å². The zero-order chi connectivity index (χ0) is 26.9. The zero-order valence-corrected chi connectivity index (χ0v) is 21.1. The smallest absolute Gasteiger partial charge is 0.295 e. The van der Waals surface area contributed by atoms with E-state index >= 15 is 0 Å². The molecule has 4 aromatic carbocycles. The molecule has 6 rings (SSSR count). The van der Waals surface area contributed by atoms with Gasteiger partial charge in [-0.25, -0.2) is 4.39 Å². The van der Waals surface area contributed by atoms with Gasteiger partial charge in [-0.2, -0.15) is 0 Å². The third kappa shape index (κ3) is 4.42. The number of carbonyl (C=O) groups is 1. The molecule has 7 heteroatoms. The summed E-state index contributed by atoms with van der Waals surface area (Å²) in [6.45, 7) is 2.61. The Balaban J connectivity index is 1.50. The molecule has 2 heterocycles. The lowest BCUT2D eigenvalue weighted by Gasteiger charge is -2.26. The number of hydrogen-bond acceptors (Lipinski definition) is 5. The summed E-state index contributed by atoms with van der Waals surface area (Å²) in [6, 6.07) is 27.1. The van der Waals surface area contributed by atoms with Crippen LogP contribution in [0.2, 0.25) is 0 Å². The van der Waals surface area contributed by atoms with E-state index in [2.05, 4.69) is 0 Å². The average molecular weight is 522 g/mol. The predicted molar refractivity (Wildman–Crippen MR) is 146 cm³/mol. The second-order valence-corrected chi connectivity index (χ2v) is 9.14. The van der Waals surface area contributed by atoms with Gasteiger partial charge >= 0.3 is 0 Å². The molecule has 1 atom stereocenters. The van der Waals surface area contributed by atoms with Crippen molar-refractivity contribution >= 4 is 22.6 Å². The standard InChI is InChI=1S/C32H24FNO5/c1-2-37-27-17-21(13-15-26(27)38-19-20-9-5-3-6-10-20)29-28-30(35)24-18-22(33)14-16-25(24)39-31(28)32(36)34(29)23-11-7-4-8-12-23/h3-18,29H,2,19H2,1H3. The second-order valence-electron chi connectivity index (χ2n) is 9.14. The number of halogens is 1. The number of anilines is 1. The average Bonchev–Trinajstić information content (AvgIpc) is 3.26. The molecule has 0 saturated heterocycles. The Morgan fingerprint density at radius 3 is 2.33 bits per heavy atom. The summed E-state index contributed by atoms with van der Waals surface area (Å²) < 4.78 is 32.0. The maximum Gasteiger partial charge on any atom is 0.295 e. The quantitative estimate of drug-likeness (QED) is 0.240. The number of fused-ring (bicyclic) bond motifs is 2. The molecule has 1 aliphatic rings. The number of benzene rings is 4. The van der Waals surface area contributed by atoms with Crippen molar-refractivity contribution < 1.29 is 23.1 Å². The molecule has 0 saturated carbocycles. The van der Waals surface area contributed by atoms with E-state index in [1.807, 2.05) is 55.5 Å². The van der Waals surface area contributed by atoms with Gasteiger partial charge in [0.1, 0.15) is 18.0 Å². The molecule has 0 aliphatic carbocycles. The molecule has 1 aliphatic heterocycles. The first-order chi connectivity index (χ1) is 19.0. The summed E-state index contributed by atoms with van der Waals surface area (Å²) in [5.74, 6) is -0.0553. The van der Waals surface area contributed by atoms with Gasteiger partial charge < -0.3 is 13.9 Å². The SMILES string of the molecule is CCOc1cc(C2c3c(oc4ccc(F)cc4c3=O)C(=O)N2c2ccccc2)ccc1OCc1ccccc1. The van der Waals surface area contributed by atoms with Crippen molar-refractivity contribution in [2.75, 3.05) is 11.5 Å². The molecule has 1 aromatic heterocycles. The van der Waals surface area contributed by atoms with E-state index < -0.39 is 23.2 Å². The number of para-hydroxylation sites is 1. The van der Waals surface area contributed by atoms with Crippen LogP contribution in [-0.4, -0.2) is 12.5 Å². The van der Waals surface area contributed by atoms with Crippen LogP contribution in [0.3, 0.4) is 0 Å². The highest BCUT2D eigenvalue weighted by Crippen LogP contribution is 2.43. The molecular formula is C32H24FNO5. The highest BCUT2D eigenvalue weighted by atomic mass is 19.1. The maximum absolute atomic E-state index is 14.1. The lowest BCUT2D eigenvalue weighted by Crippen LogP contribution is -2.29. The Labute approximate surface area is 223 Å². The van der Waals surface area contributed by atoms with Gasteiger partial charge in [0.15, 0.2) is 16.9 Å². The Morgan fingerprint density at radius 2 is 1.59 bits per heavy atom. The number of hydrogen-bond donors (Lipinski definition) is 0. The van der Waals surface area contributed by atoms with Crippen LogP contribution in [0.25, 0.3) is 11.0 Å². The Hall–Kier alpha value is -4.91. The zero-order valence-electron chi connectivity index (χ0n) is 21.1. The van der Waals surface area contributed by atoms with E-state index in [1.165, 1.54) is 17.0 Å². The molecule has 1 amide bonds. The van der Waals surface area contributed by atoms with Crippen molar-refractivity contribution in [1.29, 1.82) is 0 Å². The summed E-state index contributed by atoms with van der Waals surface area (Å²) in [5.41, 5.74) is 2.08. The predicted octanol–water partition coefficient (Wildman–Crippen LogP) is 6.66. The van der Waals surface area contributed by atoms with Crippen molar-refractivity contribution in [3.05, 3.63) is 136 Å². The number of nitrogens with zero attached hydrogens (tertiary/aromatic N) is 1. The third-order valence-electron chi connectivity index (χ3n) is 6.69. The van der Waals surface area contributed by atoms with Gasteiger partial charge in [-0.1, -0.05) is 54.6 Å². The van der Waals surface area contributed by atoms with Crippen molar-refractivity contribution in [1.82, 2.24) is 0 Å². The fourth-order valence-corrected chi connectivity index (χ4v) is 4.93. The van der Waals surface area contributed by atoms with Gasteiger partial charge in [0.25, 0.3) is 5.91 Å². The topological polar surface area (TPSA) is 69.0 Å². The van der Waals surface area contributed by atoms with Crippen molar-refractivity contribution in [2.45, 2.75) is 19.6 Å². The summed E-state index contributed by atoms with van der Waals surface area (Å²) in [5, 5.41) is 0.0781. The van der Waals surface area contributed by atoms with Crippen LogP contribution >= 0.6 is 0 Å². The second kappa shape index (κ2) is 10.1. The van der Waals surface area contributed by atoms with Crippen LogP contribution in [0.1, 0.15) is 40.2 Å². The normalized spacial score (nSPS) is 14.5. The molecule has 6 nitrogen and oxygen atoms in total. The Bertz CT molecular complexity index is 1730. The molecule has 0 radical (unpaired) electrons. The molecule has 39 heavy (non-hydrogen) atoms. The first-order valence-electron chi connectivity index (χ1n) is 12.6. The maximum atomic E-state index is 14.1. The van der Waals surface area contributed by atoms with Crippen LogP contribution in [0.4, 0.5) is 10.1 Å². The molecule has 0 spiro atoms. The van der Waals surface area contributed by atoms with E-state index in [1.54, 1.807) is 30.3 Å². The molecule has 1 unspecified atom stereocenters. The minimum absolute atomic E-state index is 0.0599. The third-order valence-corrected chi connectivity index (χ3v) is 6.69. The van der Waals surface area contributed by atoms with Gasteiger partial charge in [0.2, 0.25) is 5.76 Å². The fourth-order valence-electron chi connectivity index (χ4n) is 4.93. The van der Waals surface area contributed by atoms with Gasteiger partial charge in [-0.15, -0.1) is 0 Å². The van der Waals surface area contributed by atoms with Gasteiger partial charge in [-0.05, 0) is 60.5 Å². The summed E-state index contributed by atoms with van der Waals surface area (Å²) in [4.78, 5) is 29.0. The highest BCUT2D eigenvalue weighted by molar-refractivity contribution is 6.10. The van der Waals surface area contributed by atoms with Gasteiger partial charge in [0.05, 0.1) is 23.6 Å². The monoisotopic (exact) mass is 521 g/mol. The first kappa shape index (κ1) is 24.4. The summed E-state index contributed by atoms with van der Waals surface area (Å²) in [6.07, 6.45) is 0. The molecular weight excluding hydrogens is 497 g/mol. The molecule has 0 N–H and O–H groups in total. The number of ether oxygens (including phenoxy) is 2. The number of rotatable bonds is 7. The fraction of sp³-hybridized carbons (Fsp3) is 0.125. The lowest BCUT2D eigenvalue weighted by molar-refractivity contribution is 0.0971. The molecule has 5 aromatic rings. The minimum Gasteiger partial charge on any atom is -0.490 e. The summed E-state index contributed by atoms with van der Waals surface area (Å²) >= 11 is 0. The first-order valence-corrected chi connectivity index (χ1v) is 12.6. The molecule has 0 fully saturated rings. The highest BCUT2D eigenvalue weighted by Gasteiger charge is 2.44. The van der Waals surface area contributed by atoms with Crippen molar-refractivity contribution in [2.24, 2.45) is 0 Å². The van der Waals surface area contributed by atoms with Gasteiger partial charge in [-0.3, -0.25) is 14.5 Å². The van der Waals surface area contributed by atoms with E-state index in [0.717, 1.165) is 11.6 Å². The van der Waals surface area contributed by atoms with E-state index in [-0.39, 0.29) is 22.3 Å². The van der Waals surface area contributed by atoms with Crippen LogP contribution in [-0.2, 0) is 6.61 Å². The van der Waals surface area contributed by atoms with E-state index in [0.29, 0.717) is 36.0 Å². The van der Waals surface area contributed by atoms with Crippen LogP contribution in [0, 0.1) is 5.82 Å². The van der Waals surface area contributed by atoms with Crippen molar-refractivity contribution in [3.63, 3.8) is 0 Å². The van der Waals surface area contributed by atoms with Crippen LogP contribution in [0.5, 0.6) is 11.5 Å². The number of amides is 1. The Kier molecular flexibility index (Phi) is 6.32. The molecule has 0 bridgehead atoms. The van der Waals surface area contributed by atoms with Crippen LogP contribution < -0.4 is 19.8 Å². The van der Waals surface area contributed by atoms with Gasteiger partial charge in [0, 0.05) is 5.69 Å². The lowest BCUT2D eigenvalue weighted by atomic mass is 9.97. The Morgan fingerprint density at radius 1 is 0.846 bits per heavy atom.